The first kappa shape index (κ1) is 10.5. The summed E-state index contributed by atoms with van der Waals surface area (Å²) in [5.41, 5.74) is 2.54. The summed E-state index contributed by atoms with van der Waals surface area (Å²) in [5.74, 6) is 1.70. The fraction of sp³-hybridized carbons (Fsp3) is 0.385. The molecule has 0 saturated heterocycles. The van der Waals surface area contributed by atoms with Crippen LogP contribution in [0.25, 0.3) is 10.9 Å². The van der Waals surface area contributed by atoms with Crippen molar-refractivity contribution in [2.75, 3.05) is 20.4 Å². The van der Waals surface area contributed by atoms with E-state index >= 15 is 0 Å². The third kappa shape index (κ3) is 1.65. The highest BCUT2D eigenvalue weighted by molar-refractivity contribution is 5.87. The monoisotopic (exact) mass is 232 g/mol. The summed E-state index contributed by atoms with van der Waals surface area (Å²) in [4.78, 5) is 0. The van der Waals surface area contributed by atoms with Crippen LogP contribution in [-0.2, 0) is 13.5 Å². The van der Waals surface area contributed by atoms with E-state index in [2.05, 4.69) is 35.3 Å². The largest absolute Gasteiger partial charge is 0.454 e. The van der Waals surface area contributed by atoms with Crippen molar-refractivity contribution in [1.29, 1.82) is 0 Å². The van der Waals surface area contributed by atoms with Crippen LogP contribution in [0.4, 0.5) is 0 Å². The molecular formula is C13H16N2O2. The molecule has 2 heterocycles. The summed E-state index contributed by atoms with van der Waals surface area (Å²) in [7, 11) is 4.03. The Balaban J connectivity index is 2.12. The molecule has 4 heteroatoms. The lowest BCUT2D eigenvalue weighted by atomic mass is 10.1. The summed E-state index contributed by atoms with van der Waals surface area (Å²) in [5, 5.41) is 4.43. The van der Waals surface area contributed by atoms with E-state index in [-0.39, 0.29) is 0 Å². The number of likely N-dealkylation sites (N-methyl/N-ethyl adjacent to an activating group) is 1. The Morgan fingerprint density at radius 3 is 2.82 bits per heavy atom. The van der Waals surface area contributed by atoms with Gasteiger partial charge in [-0.05, 0) is 31.6 Å². The second-order valence-electron chi connectivity index (χ2n) is 4.34. The van der Waals surface area contributed by atoms with E-state index < -0.39 is 0 Å². The van der Waals surface area contributed by atoms with Crippen LogP contribution >= 0.6 is 0 Å². The van der Waals surface area contributed by atoms with Crippen LogP contribution in [0.2, 0.25) is 0 Å². The highest BCUT2D eigenvalue weighted by atomic mass is 16.7. The third-order valence-electron chi connectivity index (χ3n) is 3.21. The van der Waals surface area contributed by atoms with Gasteiger partial charge >= 0.3 is 0 Å². The van der Waals surface area contributed by atoms with Crippen LogP contribution in [0.1, 0.15) is 5.56 Å². The van der Waals surface area contributed by atoms with Crippen LogP contribution in [0.3, 0.4) is 0 Å². The zero-order valence-corrected chi connectivity index (χ0v) is 10.1. The van der Waals surface area contributed by atoms with Crippen molar-refractivity contribution >= 4 is 10.9 Å². The fourth-order valence-electron chi connectivity index (χ4n) is 2.31. The van der Waals surface area contributed by atoms with Crippen LogP contribution < -0.4 is 14.8 Å². The minimum absolute atomic E-state index is 0.331. The van der Waals surface area contributed by atoms with Crippen LogP contribution in [0, 0.1) is 0 Å². The van der Waals surface area contributed by atoms with Gasteiger partial charge < -0.3 is 19.4 Å². The van der Waals surface area contributed by atoms with E-state index in [0.717, 1.165) is 24.5 Å². The second kappa shape index (κ2) is 3.96. The first-order valence-electron chi connectivity index (χ1n) is 5.82. The van der Waals surface area contributed by atoms with E-state index in [0.29, 0.717) is 6.79 Å². The van der Waals surface area contributed by atoms with Gasteiger partial charge in [0.2, 0.25) is 6.79 Å². The fourth-order valence-corrected chi connectivity index (χ4v) is 2.31. The SMILES string of the molecule is CNCCc1cn(C)c2cc3c(cc12)OCO3. The average molecular weight is 232 g/mol. The van der Waals surface area contributed by atoms with Gasteiger partial charge in [0.25, 0.3) is 0 Å². The van der Waals surface area contributed by atoms with Gasteiger partial charge in [-0.15, -0.1) is 0 Å². The maximum Gasteiger partial charge on any atom is 0.231 e. The number of fused-ring (bicyclic) bond motifs is 2. The molecule has 1 aromatic heterocycles. The van der Waals surface area contributed by atoms with E-state index in [1.807, 2.05) is 7.05 Å². The van der Waals surface area contributed by atoms with Crippen LogP contribution in [0.5, 0.6) is 11.5 Å². The number of hydrogen-bond donors (Lipinski definition) is 1. The highest BCUT2D eigenvalue weighted by Gasteiger charge is 2.17. The lowest BCUT2D eigenvalue weighted by Gasteiger charge is -2.00. The number of benzene rings is 1. The van der Waals surface area contributed by atoms with E-state index in [9.17, 15) is 0 Å². The van der Waals surface area contributed by atoms with Crippen molar-refractivity contribution in [2.24, 2.45) is 7.05 Å². The highest BCUT2D eigenvalue weighted by Crippen LogP contribution is 2.37. The first-order chi connectivity index (χ1) is 8.29. The van der Waals surface area contributed by atoms with Gasteiger partial charge in [0.1, 0.15) is 0 Å². The normalized spacial score (nSPS) is 13.5. The molecule has 3 rings (SSSR count). The smallest absolute Gasteiger partial charge is 0.231 e. The summed E-state index contributed by atoms with van der Waals surface area (Å²) in [6, 6.07) is 4.14. The Bertz CT molecular complexity index is 560. The Kier molecular flexibility index (Phi) is 2.44. The molecule has 0 radical (unpaired) electrons. The molecule has 0 saturated carbocycles. The molecule has 1 aliphatic heterocycles. The summed E-state index contributed by atoms with van der Waals surface area (Å²) in [6.07, 6.45) is 3.20. The molecule has 2 aromatic rings. The van der Waals surface area contributed by atoms with Crippen molar-refractivity contribution in [3.05, 3.63) is 23.9 Å². The third-order valence-corrected chi connectivity index (χ3v) is 3.21. The molecular weight excluding hydrogens is 216 g/mol. The number of nitrogens with one attached hydrogen (secondary N) is 1. The molecule has 0 atom stereocenters. The second-order valence-corrected chi connectivity index (χ2v) is 4.34. The minimum atomic E-state index is 0.331. The topological polar surface area (TPSA) is 35.4 Å². The van der Waals surface area contributed by atoms with E-state index in [1.165, 1.54) is 16.5 Å². The molecule has 1 aromatic carbocycles. The van der Waals surface area contributed by atoms with Crippen molar-refractivity contribution in [2.45, 2.75) is 6.42 Å². The van der Waals surface area contributed by atoms with Crippen LogP contribution in [-0.4, -0.2) is 25.0 Å². The maximum atomic E-state index is 5.43. The summed E-state index contributed by atoms with van der Waals surface area (Å²) >= 11 is 0. The number of nitrogens with zero attached hydrogens (tertiary/aromatic N) is 1. The molecule has 0 aliphatic carbocycles. The van der Waals surface area contributed by atoms with Gasteiger partial charge in [-0.3, -0.25) is 0 Å². The lowest BCUT2D eigenvalue weighted by Crippen LogP contribution is -2.09. The Morgan fingerprint density at radius 2 is 2.06 bits per heavy atom. The van der Waals surface area contributed by atoms with Crippen molar-refractivity contribution in [3.8, 4) is 11.5 Å². The predicted octanol–water partition coefficient (Wildman–Crippen LogP) is 1.67. The molecule has 90 valence electrons. The molecule has 0 bridgehead atoms. The zero-order valence-electron chi connectivity index (χ0n) is 10.1. The number of rotatable bonds is 3. The molecule has 4 nitrogen and oxygen atoms in total. The molecule has 0 fully saturated rings. The molecule has 1 aliphatic rings. The number of aryl methyl sites for hydroxylation is 1. The number of ether oxygens (including phenoxy) is 2. The molecule has 0 spiro atoms. The van der Waals surface area contributed by atoms with Crippen LogP contribution in [0.15, 0.2) is 18.3 Å². The number of aromatic nitrogens is 1. The predicted molar refractivity (Wildman–Crippen MR) is 66.7 cm³/mol. The molecule has 1 N–H and O–H groups in total. The lowest BCUT2D eigenvalue weighted by molar-refractivity contribution is 0.174. The van der Waals surface area contributed by atoms with Gasteiger partial charge in [0, 0.05) is 24.7 Å². The first-order valence-corrected chi connectivity index (χ1v) is 5.82. The van der Waals surface area contributed by atoms with Gasteiger partial charge in [0.15, 0.2) is 11.5 Å². The van der Waals surface area contributed by atoms with Crippen molar-refractivity contribution < 1.29 is 9.47 Å². The Labute approximate surface area is 100 Å². The van der Waals surface area contributed by atoms with E-state index in [4.69, 9.17) is 9.47 Å². The van der Waals surface area contributed by atoms with Gasteiger partial charge in [-0.1, -0.05) is 0 Å². The summed E-state index contributed by atoms with van der Waals surface area (Å²) in [6.45, 7) is 1.31. The summed E-state index contributed by atoms with van der Waals surface area (Å²) < 4.78 is 13.0. The quantitative estimate of drug-likeness (QED) is 0.874. The minimum Gasteiger partial charge on any atom is -0.454 e. The average Bonchev–Trinajstić information content (AvgIpc) is 2.90. The number of hydrogen-bond acceptors (Lipinski definition) is 3. The Morgan fingerprint density at radius 1 is 1.29 bits per heavy atom. The van der Waals surface area contributed by atoms with Crippen molar-refractivity contribution in [1.82, 2.24) is 9.88 Å². The van der Waals surface area contributed by atoms with E-state index in [1.54, 1.807) is 0 Å². The molecule has 0 amide bonds. The zero-order chi connectivity index (χ0) is 11.8. The maximum absolute atomic E-state index is 5.43. The van der Waals surface area contributed by atoms with Gasteiger partial charge in [-0.2, -0.15) is 0 Å². The Hall–Kier alpha value is -1.68. The van der Waals surface area contributed by atoms with Crippen molar-refractivity contribution in [3.63, 3.8) is 0 Å². The molecule has 0 unspecified atom stereocenters. The standard InChI is InChI=1S/C13H16N2O2/c1-14-4-3-9-7-15(2)11-6-13-12(5-10(9)11)16-8-17-13/h5-7,14H,3-4,8H2,1-2H3. The molecule has 17 heavy (non-hydrogen) atoms. The van der Waals surface area contributed by atoms with Gasteiger partial charge in [-0.25, -0.2) is 0 Å². The van der Waals surface area contributed by atoms with Gasteiger partial charge in [0.05, 0.1) is 5.52 Å².